The third-order valence-corrected chi connectivity index (χ3v) is 4.74. The molecule has 0 spiro atoms. The lowest BCUT2D eigenvalue weighted by atomic mass is 10.1. The summed E-state index contributed by atoms with van der Waals surface area (Å²) in [5.74, 6) is 0.184. The number of nitrogens with one attached hydrogen (secondary N) is 1. The lowest BCUT2D eigenvalue weighted by Crippen LogP contribution is -2.48. The van der Waals surface area contributed by atoms with E-state index in [-0.39, 0.29) is 18.4 Å². The fourth-order valence-electron chi connectivity index (χ4n) is 2.56. The van der Waals surface area contributed by atoms with Crippen molar-refractivity contribution < 1.29 is 14.3 Å². The Balaban J connectivity index is 2.12. The van der Waals surface area contributed by atoms with Crippen LogP contribution in [0.25, 0.3) is 0 Å². The Hall–Kier alpha value is -2.09. The number of halogens is 1. The van der Waals surface area contributed by atoms with Crippen LogP contribution in [0, 0.1) is 10.5 Å². The molecular formula is C20H23IN2O3. The normalized spacial score (nSPS) is 11.5. The van der Waals surface area contributed by atoms with E-state index in [9.17, 15) is 9.59 Å². The molecule has 138 valence electrons. The third kappa shape index (κ3) is 5.72. The van der Waals surface area contributed by atoms with E-state index in [0.29, 0.717) is 12.3 Å². The molecule has 2 amide bonds. The summed E-state index contributed by atoms with van der Waals surface area (Å²) in [6.07, 6.45) is 0. The van der Waals surface area contributed by atoms with Crippen LogP contribution in [0.5, 0.6) is 5.75 Å². The summed E-state index contributed by atoms with van der Waals surface area (Å²) in [6, 6.07) is 14.8. The average molecular weight is 466 g/mol. The topological polar surface area (TPSA) is 58.6 Å². The molecule has 0 heterocycles. The minimum atomic E-state index is -0.590. The van der Waals surface area contributed by atoms with E-state index in [1.165, 1.54) is 0 Å². The van der Waals surface area contributed by atoms with Crippen molar-refractivity contribution in [1.82, 2.24) is 10.2 Å². The lowest BCUT2D eigenvalue weighted by molar-refractivity contribution is -0.142. The second kappa shape index (κ2) is 9.56. The van der Waals surface area contributed by atoms with E-state index in [1.807, 2.05) is 55.5 Å². The first-order valence-corrected chi connectivity index (χ1v) is 9.43. The van der Waals surface area contributed by atoms with Gasteiger partial charge in [-0.1, -0.05) is 29.8 Å². The number of amides is 2. The first-order chi connectivity index (χ1) is 12.4. The van der Waals surface area contributed by atoms with Crippen molar-refractivity contribution in [3.8, 4) is 5.75 Å². The molecule has 0 fully saturated rings. The molecular weight excluding hydrogens is 443 g/mol. The highest BCUT2D eigenvalue weighted by Crippen LogP contribution is 2.15. The van der Waals surface area contributed by atoms with Gasteiger partial charge in [-0.2, -0.15) is 0 Å². The summed E-state index contributed by atoms with van der Waals surface area (Å²) in [6.45, 7) is 3.95. The SMILES string of the molecule is CNC(=O)[C@H](C)N(Cc1cccc(C)c1)C(=O)COc1ccc(I)cc1. The van der Waals surface area contributed by atoms with Crippen LogP contribution in [0.15, 0.2) is 48.5 Å². The first-order valence-electron chi connectivity index (χ1n) is 8.35. The predicted molar refractivity (Wildman–Crippen MR) is 110 cm³/mol. The Morgan fingerprint density at radius 2 is 1.88 bits per heavy atom. The highest BCUT2D eigenvalue weighted by molar-refractivity contribution is 14.1. The Bertz CT molecular complexity index is 762. The van der Waals surface area contributed by atoms with Crippen LogP contribution < -0.4 is 10.1 Å². The van der Waals surface area contributed by atoms with Gasteiger partial charge in [0.2, 0.25) is 5.91 Å². The molecule has 2 aromatic rings. The van der Waals surface area contributed by atoms with E-state index in [0.717, 1.165) is 14.7 Å². The molecule has 0 aliphatic carbocycles. The zero-order valence-corrected chi connectivity index (χ0v) is 17.3. The van der Waals surface area contributed by atoms with Gasteiger partial charge in [-0.15, -0.1) is 0 Å². The Kier molecular flexibility index (Phi) is 7.44. The molecule has 2 aromatic carbocycles. The molecule has 0 bridgehead atoms. The number of ether oxygens (including phenoxy) is 1. The summed E-state index contributed by atoms with van der Waals surface area (Å²) >= 11 is 2.21. The van der Waals surface area contributed by atoms with Crippen molar-refractivity contribution >= 4 is 34.4 Å². The predicted octanol–water partition coefficient (Wildman–Crippen LogP) is 3.14. The van der Waals surface area contributed by atoms with Gasteiger partial charge < -0.3 is 15.0 Å². The zero-order valence-electron chi connectivity index (χ0n) is 15.2. The van der Waals surface area contributed by atoms with Crippen LogP contribution in [-0.2, 0) is 16.1 Å². The summed E-state index contributed by atoms with van der Waals surface area (Å²) < 4.78 is 6.70. The molecule has 0 aliphatic heterocycles. The summed E-state index contributed by atoms with van der Waals surface area (Å²) in [5, 5.41) is 2.60. The number of aryl methyl sites for hydroxylation is 1. The molecule has 0 unspecified atom stereocenters. The standard InChI is InChI=1S/C20H23IN2O3/c1-14-5-4-6-16(11-14)12-23(15(2)20(25)22-3)19(24)13-26-18-9-7-17(21)8-10-18/h4-11,15H,12-13H2,1-3H3,(H,22,25)/t15-/m0/s1. The lowest BCUT2D eigenvalue weighted by Gasteiger charge is -2.28. The van der Waals surface area contributed by atoms with E-state index in [4.69, 9.17) is 4.74 Å². The fourth-order valence-corrected chi connectivity index (χ4v) is 2.92. The van der Waals surface area contributed by atoms with E-state index in [1.54, 1.807) is 18.9 Å². The van der Waals surface area contributed by atoms with Crippen molar-refractivity contribution in [2.75, 3.05) is 13.7 Å². The zero-order chi connectivity index (χ0) is 19.1. The third-order valence-electron chi connectivity index (χ3n) is 4.03. The Morgan fingerprint density at radius 3 is 2.50 bits per heavy atom. The molecule has 1 atom stereocenters. The van der Waals surface area contributed by atoms with E-state index >= 15 is 0 Å². The first kappa shape index (κ1) is 20.2. The molecule has 26 heavy (non-hydrogen) atoms. The van der Waals surface area contributed by atoms with Gasteiger partial charge >= 0.3 is 0 Å². The monoisotopic (exact) mass is 466 g/mol. The summed E-state index contributed by atoms with van der Waals surface area (Å²) in [7, 11) is 1.57. The number of likely N-dealkylation sites (N-methyl/N-ethyl adjacent to an activating group) is 1. The van der Waals surface area contributed by atoms with Gasteiger partial charge in [0.15, 0.2) is 6.61 Å². The molecule has 6 heteroatoms. The van der Waals surface area contributed by atoms with Gasteiger partial charge in [-0.25, -0.2) is 0 Å². The number of carbonyl (C=O) groups excluding carboxylic acids is 2. The number of hydrogen-bond acceptors (Lipinski definition) is 3. The van der Waals surface area contributed by atoms with Gasteiger partial charge in [0.25, 0.3) is 5.91 Å². The highest BCUT2D eigenvalue weighted by Gasteiger charge is 2.25. The molecule has 2 rings (SSSR count). The van der Waals surface area contributed by atoms with Crippen LogP contribution in [0.4, 0.5) is 0 Å². The molecule has 0 aliphatic rings. The molecule has 0 saturated heterocycles. The van der Waals surface area contributed by atoms with Crippen molar-refractivity contribution in [3.05, 3.63) is 63.2 Å². The van der Waals surface area contributed by atoms with E-state index in [2.05, 4.69) is 27.9 Å². The van der Waals surface area contributed by atoms with Gasteiger partial charge in [0.1, 0.15) is 11.8 Å². The minimum absolute atomic E-state index is 0.117. The van der Waals surface area contributed by atoms with Gasteiger partial charge in [0, 0.05) is 17.2 Å². The van der Waals surface area contributed by atoms with Crippen molar-refractivity contribution in [2.45, 2.75) is 26.4 Å². The van der Waals surface area contributed by atoms with Crippen LogP contribution in [0.3, 0.4) is 0 Å². The van der Waals surface area contributed by atoms with Crippen LogP contribution in [0.2, 0.25) is 0 Å². The average Bonchev–Trinajstić information content (AvgIpc) is 2.64. The maximum atomic E-state index is 12.8. The van der Waals surface area contributed by atoms with Crippen molar-refractivity contribution in [2.24, 2.45) is 0 Å². The van der Waals surface area contributed by atoms with Crippen molar-refractivity contribution in [1.29, 1.82) is 0 Å². The molecule has 1 N–H and O–H groups in total. The van der Waals surface area contributed by atoms with Crippen molar-refractivity contribution in [3.63, 3.8) is 0 Å². The summed E-state index contributed by atoms with van der Waals surface area (Å²) in [4.78, 5) is 26.4. The number of hydrogen-bond donors (Lipinski definition) is 1. The Labute approximate surface area is 167 Å². The summed E-state index contributed by atoms with van der Waals surface area (Å²) in [5.41, 5.74) is 2.08. The minimum Gasteiger partial charge on any atom is -0.484 e. The molecule has 0 aromatic heterocycles. The molecule has 0 radical (unpaired) electrons. The number of rotatable bonds is 7. The van der Waals surface area contributed by atoms with Crippen LogP contribution >= 0.6 is 22.6 Å². The maximum Gasteiger partial charge on any atom is 0.261 e. The van der Waals surface area contributed by atoms with Crippen LogP contribution in [0.1, 0.15) is 18.1 Å². The second-order valence-electron chi connectivity index (χ2n) is 6.04. The van der Waals surface area contributed by atoms with Gasteiger partial charge in [-0.3, -0.25) is 9.59 Å². The molecule has 0 saturated carbocycles. The smallest absolute Gasteiger partial charge is 0.261 e. The number of carbonyl (C=O) groups is 2. The van der Waals surface area contributed by atoms with Gasteiger partial charge in [-0.05, 0) is 66.3 Å². The van der Waals surface area contributed by atoms with Gasteiger partial charge in [0.05, 0.1) is 0 Å². The highest BCUT2D eigenvalue weighted by atomic mass is 127. The Morgan fingerprint density at radius 1 is 1.19 bits per heavy atom. The molecule has 5 nitrogen and oxygen atoms in total. The van der Waals surface area contributed by atoms with Crippen LogP contribution in [-0.4, -0.2) is 36.4 Å². The number of nitrogens with zero attached hydrogens (tertiary/aromatic N) is 1. The quantitative estimate of drug-likeness (QED) is 0.639. The number of benzene rings is 2. The fraction of sp³-hybridized carbons (Fsp3) is 0.300. The largest absolute Gasteiger partial charge is 0.484 e. The van der Waals surface area contributed by atoms with E-state index < -0.39 is 6.04 Å². The maximum absolute atomic E-state index is 12.8. The second-order valence-corrected chi connectivity index (χ2v) is 7.29.